The van der Waals surface area contributed by atoms with Gasteiger partial charge >= 0.3 is 17.9 Å². The van der Waals surface area contributed by atoms with Crippen LogP contribution in [0.2, 0.25) is 0 Å². The molecule has 0 saturated heterocycles. The second-order valence-corrected chi connectivity index (χ2v) is 20.5. The minimum absolute atomic E-state index is 0.0636. The van der Waals surface area contributed by atoms with Crippen molar-refractivity contribution in [2.45, 2.75) is 323 Å². The fraction of sp³-hybridized carbons (Fsp3) is 0.947. The highest BCUT2D eigenvalue weighted by Crippen LogP contribution is 2.18. The summed E-state index contributed by atoms with van der Waals surface area (Å²) in [6.07, 6.45) is 52.5. The Bertz CT molecular complexity index is 962. The molecule has 0 aliphatic heterocycles. The fourth-order valence-corrected chi connectivity index (χ4v) is 8.70. The number of hydrogen-bond acceptors (Lipinski definition) is 6. The zero-order valence-corrected chi connectivity index (χ0v) is 43.2. The highest BCUT2D eigenvalue weighted by molar-refractivity contribution is 5.71. The summed E-state index contributed by atoms with van der Waals surface area (Å²) in [4.78, 5) is 38.0. The Morgan fingerprint density at radius 2 is 0.524 bits per heavy atom. The molecular weight excluding hydrogens is 781 g/mol. The summed E-state index contributed by atoms with van der Waals surface area (Å²) in [5.41, 5.74) is 0. The zero-order chi connectivity index (χ0) is 46.1. The van der Waals surface area contributed by atoms with Gasteiger partial charge in [0.15, 0.2) is 6.10 Å². The first kappa shape index (κ1) is 61.4. The Labute approximate surface area is 393 Å². The number of hydrogen-bond donors (Lipinski definition) is 0. The van der Waals surface area contributed by atoms with Crippen molar-refractivity contribution in [3.05, 3.63) is 0 Å². The lowest BCUT2D eigenvalue weighted by Crippen LogP contribution is -2.30. The van der Waals surface area contributed by atoms with Crippen LogP contribution >= 0.6 is 0 Å². The summed E-state index contributed by atoms with van der Waals surface area (Å²) in [6, 6.07) is 0. The third-order valence-corrected chi connectivity index (χ3v) is 13.0. The molecule has 0 aliphatic rings. The van der Waals surface area contributed by atoms with E-state index in [1.807, 2.05) is 0 Å². The van der Waals surface area contributed by atoms with Crippen LogP contribution in [0.5, 0.6) is 0 Å². The number of carbonyl (C=O) groups excluding carboxylic acids is 3. The third-order valence-electron chi connectivity index (χ3n) is 13.0. The maximum absolute atomic E-state index is 12.8. The normalized spacial score (nSPS) is 12.0. The van der Waals surface area contributed by atoms with Gasteiger partial charge in [-0.25, -0.2) is 0 Å². The summed E-state index contributed by atoms with van der Waals surface area (Å²) in [5, 5.41) is 0. The van der Waals surface area contributed by atoms with Gasteiger partial charge in [0, 0.05) is 19.3 Å². The minimum Gasteiger partial charge on any atom is -0.462 e. The van der Waals surface area contributed by atoms with Gasteiger partial charge in [-0.05, 0) is 31.1 Å². The summed E-state index contributed by atoms with van der Waals surface area (Å²) < 4.78 is 16.9. The molecule has 0 aliphatic carbocycles. The van der Waals surface area contributed by atoms with Gasteiger partial charge in [0.05, 0.1) is 0 Å². The van der Waals surface area contributed by atoms with Crippen LogP contribution in [-0.4, -0.2) is 37.2 Å². The Balaban J connectivity index is 4.24. The highest BCUT2D eigenvalue weighted by atomic mass is 16.6. The zero-order valence-electron chi connectivity index (χ0n) is 43.2. The second kappa shape index (κ2) is 49.8. The number of ether oxygens (including phenoxy) is 3. The fourth-order valence-electron chi connectivity index (χ4n) is 8.70. The molecule has 0 aromatic heterocycles. The van der Waals surface area contributed by atoms with E-state index in [2.05, 4.69) is 34.6 Å². The van der Waals surface area contributed by atoms with E-state index in [0.29, 0.717) is 19.3 Å². The lowest BCUT2D eigenvalue weighted by Gasteiger charge is -2.18. The average Bonchev–Trinajstić information content (AvgIpc) is 3.25. The summed E-state index contributed by atoms with van der Waals surface area (Å²) >= 11 is 0. The third kappa shape index (κ3) is 51.3. The molecule has 0 spiro atoms. The summed E-state index contributed by atoms with van der Waals surface area (Å²) in [6.45, 7) is 11.4. The Hall–Kier alpha value is -1.59. The van der Waals surface area contributed by atoms with E-state index in [0.717, 1.165) is 69.6 Å². The number of esters is 3. The van der Waals surface area contributed by atoms with Crippen LogP contribution in [0.4, 0.5) is 0 Å². The molecule has 0 radical (unpaired) electrons. The monoisotopic (exact) mass is 891 g/mol. The number of carbonyl (C=O) groups is 3. The van der Waals surface area contributed by atoms with Crippen LogP contribution < -0.4 is 0 Å². The van der Waals surface area contributed by atoms with Gasteiger partial charge in [0.1, 0.15) is 13.2 Å². The van der Waals surface area contributed by atoms with E-state index in [1.165, 1.54) is 205 Å². The molecule has 0 fully saturated rings. The first-order valence-corrected chi connectivity index (χ1v) is 28.2. The quantitative estimate of drug-likeness (QED) is 0.0344. The SMILES string of the molecule is CCCCCCCCCCCCCCCCCCCCCC(=O)OC[C@H](COC(=O)CCCCCCCCCCCCCCC(C)C)OC(=O)CCCCCCCCCCC(C)C. The van der Waals surface area contributed by atoms with Crippen molar-refractivity contribution < 1.29 is 28.6 Å². The molecule has 6 heteroatoms. The van der Waals surface area contributed by atoms with Crippen LogP contribution in [0.15, 0.2) is 0 Å². The van der Waals surface area contributed by atoms with E-state index in [9.17, 15) is 14.4 Å². The van der Waals surface area contributed by atoms with Crippen LogP contribution in [0.3, 0.4) is 0 Å². The second-order valence-electron chi connectivity index (χ2n) is 20.5. The average molecular weight is 892 g/mol. The van der Waals surface area contributed by atoms with E-state index < -0.39 is 6.10 Å². The predicted molar refractivity (Wildman–Crippen MR) is 270 cm³/mol. The predicted octanol–water partition coefficient (Wildman–Crippen LogP) is 18.5. The van der Waals surface area contributed by atoms with Crippen molar-refractivity contribution in [1.29, 1.82) is 0 Å². The molecule has 0 saturated carbocycles. The molecule has 0 bridgehead atoms. The van der Waals surface area contributed by atoms with Gasteiger partial charge in [0.25, 0.3) is 0 Å². The molecule has 1 atom stereocenters. The van der Waals surface area contributed by atoms with Crippen molar-refractivity contribution in [2.24, 2.45) is 11.8 Å². The van der Waals surface area contributed by atoms with Gasteiger partial charge < -0.3 is 14.2 Å². The Kier molecular flexibility index (Phi) is 48.6. The summed E-state index contributed by atoms with van der Waals surface area (Å²) in [5.74, 6) is 0.782. The number of unbranched alkanes of at least 4 members (excludes halogenated alkanes) is 36. The Morgan fingerprint density at radius 1 is 0.302 bits per heavy atom. The molecule has 6 nitrogen and oxygen atoms in total. The van der Waals surface area contributed by atoms with Crippen molar-refractivity contribution in [3.8, 4) is 0 Å². The first-order chi connectivity index (χ1) is 30.7. The van der Waals surface area contributed by atoms with Crippen LogP contribution in [0, 0.1) is 11.8 Å². The molecule has 0 N–H and O–H groups in total. The van der Waals surface area contributed by atoms with Crippen molar-refractivity contribution in [2.75, 3.05) is 13.2 Å². The number of rotatable bonds is 51. The standard InChI is InChI=1S/C57H110O6/c1-6-7-8-9-10-11-12-13-14-15-16-17-18-19-23-26-32-37-42-47-55(58)61-50-54(63-57(60)49-44-39-34-29-28-31-36-41-46-53(4)5)51-62-56(59)48-43-38-33-27-24-21-20-22-25-30-35-40-45-52(2)3/h52-54H,6-51H2,1-5H3/t54-/m1/s1. The van der Waals surface area contributed by atoms with E-state index >= 15 is 0 Å². The maximum Gasteiger partial charge on any atom is 0.306 e. The molecule has 0 aromatic carbocycles. The van der Waals surface area contributed by atoms with Crippen molar-refractivity contribution in [1.82, 2.24) is 0 Å². The van der Waals surface area contributed by atoms with Crippen LogP contribution in [-0.2, 0) is 28.6 Å². The van der Waals surface area contributed by atoms with Gasteiger partial charge in [-0.1, -0.05) is 279 Å². The Morgan fingerprint density at radius 3 is 0.778 bits per heavy atom. The van der Waals surface area contributed by atoms with Crippen LogP contribution in [0.25, 0.3) is 0 Å². The molecule has 374 valence electrons. The van der Waals surface area contributed by atoms with E-state index in [1.54, 1.807) is 0 Å². The topological polar surface area (TPSA) is 78.9 Å². The molecule has 63 heavy (non-hydrogen) atoms. The highest BCUT2D eigenvalue weighted by Gasteiger charge is 2.19. The van der Waals surface area contributed by atoms with Gasteiger partial charge in [-0.3, -0.25) is 14.4 Å². The molecule has 0 unspecified atom stereocenters. The lowest BCUT2D eigenvalue weighted by atomic mass is 10.0. The molecular formula is C57H110O6. The lowest BCUT2D eigenvalue weighted by molar-refractivity contribution is -0.167. The van der Waals surface area contributed by atoms with Gasteiger partial charge in [-0.15, -0.1) is 0 Å². The van der Waals surface area contributed by atoms with E-state index in [4.69, 9.17) is 14.2 Å². The van der Waals surface area contributed by atoms with Crippen molar-refractivity contribution in [3.63, 3.8) is 0 Å². The molecule has 0 rings (SSSR count). The van der Waals surface area contributed by atoms with Gasteiger partial charge in [-0.2, -0.15) is 0 Å². The summed E-state index contributed by atoms with van der Waals surface area (Å²) in [7, 11) is 0. The molecule has 0 heterocycles. The minimum atomic E-state index is -0.763. The van der Waals surface area contributed by atoms with Crippen LogP contribution in [0.1, 0.15) is 317 Å². The molecule has 0 aromatic rings. The molecule has 0 amide bonds. The largest absolute Gasteiger partial charge is 0.462 e. The van der Waals surface area contributed by atoms with Crippen molar-refractivity contribution >= 4 is 17.9 Å². The maximum atomic E-state index is 12.8. The van der Waals surface area contributed by atoms with Gasteiger partial charge in [0.2, 0.25) is 0 Å². The first-order valence-electron chi connectivity index (χ1n) is 28.2. The van der Waals surface area contributed by atoms with E-state index in [-0.39, 0.29) is 31.1 Å². The smallest absolute Gasteiger partial charge is 0.306 e.